The molecule has 2 atom stereocenters. The molecule has 0 spiro atoms. The number of aliphatic hydroxyl groups is 1. The molecule has 6 nitrogen and oxygen atoms in total. The number of halogens is 1. The number of amides is 1. The molecule has 0 unspecified atom stereocenters. The summed E-state index contributed by atoms with van der Waals surface area (Å²) in [7, 11) is 0. The lowest BCUT2D eigenvalue weighted by Crippen LogP contribution is -2.47. The Hall–Kier alpha value is -3.22. The lowest BCUT2D eigenvalue weighted by atomic mass is 9.87. The van der Waals surface area contributed by atoms with E-state index in [1.165, 1.54) is 17.7 Å². The summed E-state index contributed by atoms with van der Waals surface area (Å²) in [5, 5.41) is 23.1. The molecule has 0 fully saturated rings. The lowest BCUT2D eigenvalue weighted by Gasteiger charge is -2.37. The molecule has 1 aliphatic rings. The van der Waals surface area contributed by atoms with Gasteiger partial charge in [0.05, 0.1) is 12.6 Å². The quantitative estimate of drug-likeness (QED) is 0.385. The summed E-state index contributed by atoms with van der Waals surface area (Å²) in [6.45, 7) is 5.56. The Balaban J connectivity index is 1.56. The topological polar surface area (TPSA) is 78.9 Å². The number of carbonyl (C=O) groups is 1. The third-order valence-electron chi connectivity index (χ3n) is 6.09. The van der Waals surface area contributed by atoms with E-state index in [9.17, 15) is 15.0 Å². The van der Waals surface area contributed by atoms with E-state index in [0.29, 0.717) is 28.5 Å². The second-order valence-corrected chi connectivity index (χ2v) is 10.5. The van der Waals surface area contributed by atoms with E-state index in [4.69, 9.17) is 21.1 Å². The fraction of sp³-hybridized carbons (Fsp3) is 0.345. The number of fused-ring (bicyclic) bond motifs is 1. The van der Waals surface area contributed by atoms with Gasteiger partial charge in [-0.3, -0.25) is 5.11 Å². The first-order valence-electron chi connectivity index (χ1n) is 12.1. The number of aliphatic hydroxyl groups excluding tert-OH is 1. The molecular formula is C29H31ClNO5. The van der Waals surface area contributed by atoms with E-state index in [1.54, 1.807) is 41.3 Å². The average Bonchev–Trinajstić information content (AvgIpc) is 2.81. The Labute approximate surface area is 217 Å². The van der Waals surface area contributed by atoms with Crippen LogP contribution in [0.25, 0.3) is 0 Å². The summed E-state index contributed by atoms with van der Waals surface area (Å²) in [6.07, 6.45) is 0.745. The summed E-state index contributed by atoms with van der Waals surface area (Å²) >= 11 is 6.12. The van der Waals surface area contributed by atoms with Crippen molar-refractivity contribution in [2.24, 2.45) is 0 Å². The molecule has 1 N–H and O–H groups in total. The highest BCUT2D eigenvalue weighted by Gasteiger charge is 2.33. The predicted octanol–water partition coefficient (Wildman–Crippen LogP) is 7.10. The van der Waals surface area contributed by atoms with Gasteiger partial charge in [0.15, 0.2) is 5.75 Å². The smallest absolute Gasteiger partial charge is 0.410 e. The van der Waals surface area contributed by atoms with Crippen molar-refractivity contribution in [2.45, 2.75) is 57.8 Å². The molecule has 3 aromatic rings. The number of ether oxygens (including phenoxy) is 2. The molecule has 0 saturated heterocycles. The van der Waals surface area contributed by atoms with Crippen LogP contribution < -0.4 is 4.74 Å². The number of benzene rings is 3. The summed E-state index contributed by atoms with van der Waals surface area (Å²) < 4.78 is 11.6. The zero-order valence-electron chi connectivity index (χ0n) is 20.7. The molecule has 1 radical (unpaired) electrons. The van der Waals surface area contributed by atoms with Crippen molar-refractivity contribution in [1.82, 2.24) is 4.90 Å². The van der Waals surface area contributed by atoms with Crippen molar-refractivity contribution >= 4 is 17.7 Å². The van der Waals surface area contributed by atoms with E-state index < -0.39 is 17.8 Å². The van der Waals surface area contributed by atoms with Gasteiger partial charge in [0, 0.05) is 17.1 Å². The Kier molecular flexibility index (Phi) is 7.76. The van der Waals surface area contributed by atoms with Gasteiger partial charge < -0.3 is 19.5 Å². The molecule has 3 aromatic carbocycles. The largest absolute Gasteiger partial charge is 0.457 e. The average molecular weight is 509 g/mol. The standard InChI is InChI=1S/C29H31ClNO5/c1-29(2,3)36-28(34)31(18-27(33)20-6-4-7-22(30)14-20)23-12-10-19-11-13-26(16-21(19)15-23)35-25-9-5-8-24(32)17-25/h4-9,11,13-14,16-17,23,27,33H,10,12,15,18H2,1-3H3/t23-,27-/m0/s1. The van der Waals surface area contributed by atoms with Gasteiger partial charge in [-0.15, -0.1) is 0 Å². The number of rotatable bonds is 6. The van der Waals surface area contributed by atoms with Gasteiger partial charge in [-0.1, -0.05) is 35.9 Å². The molecule has 0 saturated carbocycles. The van der Waals surface area contributed by atoms with Crippen molar-refractivity contribution < 1.29 is 24.5 Å². The highest BCUT2D eigenvalue weighted by Crippen LogP contribution is 2.32. The van der Waals surface area contributed by atoms with Crippen molar-refractivity contribution in [3.8, 4) is 17.2 Å². The maximum atomic E-state index is 13.3. The van der Waals surface area contributed by atoms with Gasteiger partial charge >= 0.3 is 6.09 Å². The van der Waals surface area contributed by atoms with Crippen molar-refractivity contribution in [1.29, 1.82) is 0 Å². The van der Waals surface area contributed by atoms with E-state index in [2.05, 4.69) is 0 Å². The van der Waals surface area contributed by atoms with Gasteiger partial charge in [-0.2, -0.15) is 0 Å². The minimum absolute atomic E-state index is 0.0851. The van der Waals surface area contributed by atoms with Crippen LogP contribution in [0.4, 0.5) is 4.79 Å². The fourth-order valence-electron chi connectivity index (χ4n) is 4.42. The maximum absolute atomic E-state index is 13.3. The monoisotopic (exact) mass is 508 g/mol. The number of nitrogens with zero attached hydrogens (tertiary/aromatic N) is 1. The van der Waals surface area contributed by atoms with Gasteiger partial charge in [0.1, 0.15) is 17.1 Å². The minimum atomic E-state index is -0.911. The maximum Gasteiger partial charge on any atom is 0.410 e. The van der Waals surface area contributed by atoms with Gasteiger partial charge in [0.2, 0.25) is 0 Å². The number of hydrogen-bond donors (Lipinski definition) is 1. The lowest BCUT2D eigenvalue weighted by molar-refractivity contribution is 0.00195. The van der Waals surface area contributed by atoms with E-state index in [0.717, 1.165) is 18.4 Å². The zero-order chi connectivity index (χ0) is 25.9. The fourth-order valence-corrected chi connectivity index (χ4v) is 4.62. The number of hydrogen-bond acceptors (Lipinski definition) is 4. The van der Waals surface area contributed by atoms with Crippen molar-refractivity contribution in [2.75, 3.05) is 6.54 Å². The van der Waals surface area contributed by atoms with E-state index in [1.807, 2.05) is 39.0 Å². The van der Waals surface area contributed by atoms with Crippen LogP contribution in [0.15, 0.2) is 66.7 Å². The molecule has 36 heavy (non-hydrogen) atoms. The summed E-state index contributed by atoms with van der Waals surface area (Å²) in [5.41, 5.74) is 2.23. The first kappa shape index (κ1) is 25.9. The molecule has 4 rings (SSSR count). The van der Waals surface area contributed by atoms with Crippen LogP contribution in [-0.2, 0) is 22.7 Å². The Bertz CT molecular complexity index is 1220. The van der Waals surface area contributed by atoms with Crippen molar-refractivity contribution in [3.05, 3.63) is 88.4 Å². The second-order valence-electron chi connectivity index (χ2n) is 10.1. The van der Waals surface area contributed by atoms with Crippen LogP contribution in [0.5, 0.6) is 17.2 Å². The molecule has 189 valence electrons. The summed E-state index contributed by atoms with van der Waals surface area (Å²) in [4.78, 5) is 14.9. The van der Waals surface area contributed by atoms with Crippen LogP contribution in [-0.4, -0.2) is 34.3 Å². The summed E-state index contributed by atoms with van der Waals surface area (Å²) in [6, 6.07) is 19.1. The van der Waals surface area contributed by atoms with Crippen LogP contribution in [0.3, 0.4) is 0 Å². The van der Waals surface area contributed by atoms with Crippen molar-refractivity contribution in [3.63, 3.8) is 0 Å². The van der Waals surface area contributed by atoms with Crippen LogP contribution >= 0.6 is 11.6 Å². The molecule has 0 bridgehead atoms. The molecule has 7 heteroatoms. The first-order valence-corrected chi connectivity index (χ1v) is 12.4. The Morgan fingerprint density at radius 2 is 1.81 bits per heavy atom. The third kappa shape index (κ3) is 6.71. The van der Waals surface area contributed by atoms with E-state index >= 15 is 0 Å². The van der Waals surface area contributed by atoms with Gasteiger partial charge in [0.25, 0.3) is 0 Å². The number of carbonyl (C=O) groups excluding carboxylic acids is 1. The first-order chi connectivity index (χ1) is 17.1. The van der Waals surface area contributed by atoms with E-state index in [-0.39, 0.29) is 18.3 Å². The van der Waals surface area contributed by atoms with Gasteiger partial charge in [-0.25, -0.2) is 4.79 Å². The molecule has 1 aliphatic carbocycles. The molecular weight excluding hydrogens is 478 g/mol. The van der Waals surface area contributed by atoms with Crippen LogP contribution in [0.1, 0.15) is 50.0 Å². The molecule has 0 heterocycles. The van der Waals surface area contributed by atoms with Crippen LogP contribution in [0.2, 0.25) is 5.02 Å². The zero-order valence-corrected chi connectivity index (χ0v) is 21.5. The van der Waals surface area contributed by atoms with Crippen LogP contribution in [0, 0.1) is 0 Å². The Morgan fingerprint density at radius 1 is 1.06 bits per heavy atom. The molecule has 0 aromatic heterocycles. The molecule has 1 amide bonds. The normalized spacial score (nSPS) is 16.1. The summed E-state index contributed by atoms with van der Waals surface area (Å²) in [5.74, 6) is 0.995. The highest BCUT2D eigenvalue weighted by molar-refractivity contribution is 6.30. The Morgan fingerprint density at radius 3 is 2.53 bits per heavy atom. The third-order valence-corrected chi connectivity index (χ3v) is 6.33. The second kappa shape index (κ2) is 10.8. The highest BCUT2D eigenvalue weighted by atomic mass is 35.5. The number of aryl methyl sites for hydroxylation is 1. The SMILES string of the molecule is CC(C)(C)OC(=O)N(C[C@H](O)c1cccc(Cl)c1)[C@H]1CCc2ccc(Oc3cccc([O])c3)cc2C1. The molecule has 0 aliphatic heterocycles. The minimum Gasteiger partial charge on any atom is -0.457 e. The predicted molar refractivity (Wildman–Crippen MR) is 138 cm³/mol. The van der Waals surface area contributed by atoms with Gasteiger partial charge in [-0.05, 0) is 93.1 Å².